The van der Waals surface area contributed by atoms with Crippen LogP contribution in [0.2, 0.25) is 0 Å². The molecule has 0 aliphatic heterocycles. The van der Waals surface area contributed by atoms with Crippen LogP contribution in [0.1, 0.15) is 90.5 Å². The SMILES string of the molecule is CCCCCCCCC(=O)N[C@@H](CC(C)C)C(=O)N[C@H](CO)CCC(=O)N(C)Cc1ccc(OC)cc1OC. The highest BCUT2D eigenvalue weighted by Crippen LogP contribution is 2.25. The summed E-state index contributed by atoms with van der Waals surface area (Å²) in [6, 6.07) is 4.18. The zero-order valence-corrected chi connectivity index (χ0v) is 24.9. The molecule has 0 aromatic heterocycles. The van der Waals surface area contributed by atoms with Crippen LogP contribution in [0.25, 0.3) is 0 Å². The fraction of sp³-hybridized carbons (Fsp3) is 0.700. The van der Waals surface area contributed by atoms with Crippen molar-refractivity contribution in [1.82, 2.24) is 15.5 Å². The normalized spacial score (nSPS) is 12.5. The third-order valence-electron chi connectivity index (χ3n) is 6.72. The van der Waals surface area contributed by atoms with Crippen molar-refractivity contribution in [2.75, 3.05) is 27.9 Å². The minimum Gasteiger partial charge on any atom is -0.497 e. The molecule has 3 amide bonds. The van der Waals surface area contributed by atoms with Crippen molar-refractivity contribution in [2.24, 2.45) is 5.92 Å². The van der Waals surface area contributed by atoms with Gasteiger partial charge in [-0.15, -0.1) is 0 Å². The Labute approximate surface area is 235 Å². The fourth-order valence-electron chi connectivity index (χ4n) is 4.36. The van der Waals surface area contributed by atoms with E-state index in [2.05, 4.69) is 17.6 Å². The van der Waals surface area contributed by atoms with Gasteiger partial charge in [0.05, 0.1) is 26.9 Å². The molecule has 0 aliphatic carbocycles. The fourth-order valence-corrected chi connectivity index (χ4v) is 4.36. The lowest BCUT2D eigenvalue weighted by molar-refractivity contribution is -0.131. The lowest BCUT2D eigenvalue weighted by atomic mass is 10.0. The van der Waals surface area contributed by atoms with Gasteiger partial charge in [-0.2, -0.15) is 0 Å². The molecule has 222 valence electrons. The molecule has 3 N–H and O–H groups in total. The van der Waals surface area contributed by atoms with Gasteiger partial charge in [0.15, 0.2) is 0 Å². The summed E-state index contributed by atoms with van der Waals surface area (Å²) in [5.41, 5.74) is 0.842. The van der Waals surface area contributed by atoms with E-state index in [1.165, 1.54) is 19.3 Å². The number of hydrogen-bond acceptors (Lipinski definition) is 6. The van der Waals surface area contributed by atoms with Gasteiger partial charge in [-0.25, -0.2) is 0 Å². The van der Waals surface area contributed by atoms with Crippen LogP contribution in [-0.2, 0) is 20.9 Å². The van der Waals surface area contributed by atoms with Gasteiger partial charge in [0.1, 0.15) is 17.5 Å². The highest BCUT2D eigenvalue weighted by atomic mass is 16.5. The highest BCUT2D eigenvalue weighted by Gasteiger charge is 2.24. The third kappa shape index (κ3) is 13.7. The zero-order valence-electron chi connectivity index (χ0n) is 24.9. The van der Waals surface area contributed by atoms with Crippen molar-refractivity contribution in [2.45, 2.75) is 104 Å². The first kappa shape index (κ1) is 34.2. The Morgan fingerprint density at radius 2 is 1.67 bits per heavy atom. The molecule has 0 fully saturated rings. The molecular formula is C30H51N3O6. The standard InChI is InChI=1S/C30H51N3O6/c1-7-8-9-10-11-12-13-28(35)32-26(18-22(2)3)30(37)31-24(21-34)15-17-29(36)33(4)20-23-14-16-25(38-5)19-27(23)39-6/h14,16,19,22,24,26,34H,7-13,15,17-18,20-21H2,1-6H3,(H,31,37)(H,32,35)/t24-,26-/m0/s1. The van der Waals surface area contributed by atoms with Crippen LogP contribution < -0.4 is 20.1 Å². The van der Waals surface area contributed by atoms with E-state index in [0.717, 1.165) is 24.8 Å². The maximum Gasteiger partial charge on any atom is 0.242 e. The molecule has 0 saturated carbocycles. The van der Waals surface area contributed by atoms with Crippen LogP contribution in [0, 0.1) is 5.92 Å². The largest absolute Gasteiger partial charge is 0.497 e. The van der Waals surface area contributed by atoms with Gasteiger partial charge in [0, 0.05) is 38.1 Å². The molecule has 39 heavy (non-hydrogen) atoms. The summed E-state index contributed by atoms with van der Waals surface area (Å²) in [7, 11) is 4.85. The minimum atomic E-state index is -0.674. The molecule has 0 heterocycles. The highest BCUT2D eigenvalue weighted by molar-refractivity contribution is 5.87. The first-order valence-corrected chi connectivity index (χ1v) is 14.3. The Kier molecular flexibility index (Phi) is 16.9. The second-order valence-electron chi connectivity index (χ2n) is 10.6. The van der Waals surface area contributed by atoms with Crippen LogP contribution in [0.5, 0.6) is 11.5 Å². The van der Waals surface area contributed by atoms with Crippen LogP contribution in [-0.4, -0.2) is 67.7 Å². The third-order valence-corrected chi connectivity index (χ3v) is 6.72. The Bertz CT molecular complexity index is 876. The van der Waals surface area contributed by atoms with E-state index in [4.69, 9.17) is 9.47 Å². The Hall–Kier alpha value is -2.81. The number of aliphatic hydroxyl groups is 1. The van der Waals surface area contributed by atoms with Crippen molar-refractivity contribution in [1.29, 1.82) is 0 Å². The Morgan fingerprint density at radius 1 is 0.974 bits per heavy atom. The Balaban J connectivity index is 2.61. The van der Waals surface area contributed by atoms with Gasteiger partial charge in [-0.3, -0.25) is 14.4 Å². The number of aliphatic hydroxyl groups excluding tert-OH is 1. The lowest BCUT2D eigenvalue weighted by Gasteiger charge is -2.24. The molecule has 0 unspecified atom stereocenters. The van der Waals surface area contributed by atoms with E-state index in [-0.39, 0.29) is 43.1 Å². The summed E-state index contributed by atoms with van der Waals surface area (Å²) in [5, 5.41) is 15.6. The lowest BCUT2D eigenvalue weighted by Crippen LogP contribution is -2.51. The molecule has 9 nitrogen and oxygen atoms in total. The summed E-state index contributed by atoms with van der Waals surface area (Å²) >= 11 is 0. The number of nitrogens with zero attached hydrogens (tertiary/aromatic N) is 1. The second kappa shape index (κ2) is 19.3. The van der Waals surface area contributed by atoms with Crippen molar-refractivity contribution in [3.63, 3.8) is 0 Å². The van der Waals surface area contributed by atoms with Crippen LogP contribution in [0.3, 0.4) is 0 Å². The molecule has 0 spiro atoms. The summed E-state index contributed by atoms with van der Waals surface area (Å²) in [6.45, 7) is 6.22. The summed E-state index contributed by atoms with van der Waals surface area (Å²) in [5.74, 6) is 0.921. The molecule has 0 radical (unpaired) electrons. The number of amides is 3. The van der Waals surface area contributed by atoms with Crippen LogP contribution in [0.4, 0.5) is 0 Å². The number of ether oxygens (including phenoxy) is 2. The molecule has 2 atom stereocenters. The topological polar surface area (TPSA) is 117 Å². The minimum absolute atomic E-state index is 0.119. The Morgan fingerprint density at radius 3 is 2.28 bits per heavy atom. The first-order valence-electron chi connectivity index (χ1n) is 14.3. The van der Waals surface area contributed by atoms with E-state index in [0.29, 0.717) is 30.9 Å². The maximum absolute atomic E-state index is 13.0. The summed E-state index contributed by atoms with van der Waals surface area (Å²) in [4.78, 5) is 39.9. The van der Waals surface area contributed by atoms with Gasteiger partial charge in [0.25, 0.3) is 0 Å². The van der Waals surface area contributed by atoms with Crippen molar-refractivity contribution in [3.8, 4) is 11.5 Å². The number of nitrogens with one attached hydrogen (secondary N) is 2. The summed E-state index contributed by atoms with van der Waals surface area (Å²) in [6.07, 6.45) is 7.86. The van der Waals surface area contributed by atoms with Gasteiger partial charge < -0.3 is 30.1 Å². The smallest absolute Gasteiger partial charge is 0.242 e. The summed E-state index contributed by atoms with van der Waals surface area (Å²) < 4.78 is 10.6. The molecule has 0 aliphatic rings. The molecule has 1 aromatic rings. The van der Waals surface area contributed by atoms with Crippen molar-refractivity contribution < 1.29 is 29.0 Å². The van der Waals surface area contributed by atoms with E-state index < -0.39 is 12.1 Å². The average Bonchev–Trinajstić information content (AvgIpc) is 2.91. The molecule has 1 rings (SSSR count). The van der Waals surface area contributed by atoms with Crippen LogP contribution in [0.15, 0.2) is 18.2 Å². The van der Waals surface area contributed by atoms with Crippen molar-refractivity contribution >= 4 is 17.7 Å². The molecule has 0 bridgehead atoms. The average molecular weight is 550 g/mol. The first-order chi connectivity index (χ1) is 18.6. The maximum atomic E-state index is 13.0. The van der Waals surface area contributed by atoms with Gasteiger partial charge in [0.2, 0.25) is 17.7 Å². The number of carbonyl (C=O) groups excluding carboxylic acids is 3. The van der Waals surface area contributed by atoms with Crippen molar-refractivity contribution in [3.05, 3.63) is 23.8 Å². The van der Waals surface area contributed by atoms with Gasteiger partial charge >= 0.3 is 0 Å². The molecule has 0 saturated heterocycles. The van der Waals surface area contributed by atoms with E-state index in [9.17, 15) is 19.5 Å². The molecule has 1 aromatic carbocycles. The monoisotopic (exact) mass is 549 g/mol. The number of rotatable bonds is 20. The quantitative estimate of drug-likeness (QED) is 0.210. The van der Waals surface area contributed by atoms with E-state index in [1.54, 1.807) is 32.2 Å². The predicted octanol–water partition coefficient (Wildman–Crippen LogP) is 4.20. The van der Waals surface area contributed by atoms with E-state index in [1.807, 2.05) is 26.0 Å². The van der Waals surface area contributed by atoms with E-state index >= 15 is 0 Å². The number of carbonyl (C=O) groups is 3. The number of benzene rings is 1. The zero-order chi connectivity index (χ0) is 29.2. The number of hydrogen-bond donors (Lipinski definition) is 3. The number of unbranched alkanes of at least 4 members (excludes halogenated alkanes) is 5. The van der Waals surface area contributed by atoms with Crippen LogP contribution >= 0.6 is 0 Å². The predicted molar refractivity (Wildman–Crippen MR) is 154 cm³/mol. The number of methoxy groups -OCH3 is 2. The van der Waals surface area contributed by atoms with Gasteiger partial charge in [-0.1, -0.05) is 52.9 Å². The molecule has 9 heteroatoms. The second-order valence-corrected chi connectivity index (χ2v) is 10.6. The van der Waals surface area contributed by atoms with Gasteiger partial charge in [-0.05, 0) is 37.3 Å². The molecular weight excluding hydrogens is 498 g/mol.